The predicted molar refractivity (Wildman–Crippen MR) is 72.3 cm³/mol. The van der Waals surface area contributed by atoms with E-state index in [1.165, 1.54) is 10.9 Å². The standard InChI is InChI=1S/C12H23N5O/c1-12(2,8-16(3)4)7-14-11(18)10-9(13)6-15-17(10)5/h6H,7-8,13H2,1-5H3,(H,14,18). The topological polar surface area (TPSA) is 76.2 Å². The van der Waals surface area contributed by atoms with Gasteiger partial charge in [-0.1, -0.05) is 13.8 Å². The number of amides is 1. The van der Waals surface area contributed by atoms with Crippen molar-refractivity contribution in [3.05, 3.63) is 11.9 Å². The van der Waals surface area contributed by atoms with E-state index in [1.807, 2.05) is 14.1 Å². The van der Waals surface area contributed by atoms with Gasteiger partial charge in [0.2, 0.25) is 0 Å². The molecule has 0 aliphatic carbocycles. The summed E-state index contributed by atoms with van der Waals surface area (Å²) < 4.78 is 1.49. The highest BCUT2D eigenvalue weighted by Gasteiger charge is 2.22. The largest absolute Gasteiger partial charge is 0.396 e. The summed E-state index contributed by atoms with van der Waals surface area (Å²) in [7, 11) is 5.74. The van der Waals surface area contributed by atoms with Crippen molar-refractivity contribution in [2.45, 2.75) is 13.8 Å². The Hall–Kier alpha value is -1.56. The summed E-state index contributed by atoms with van der Waals surface area (Å²) in [6.45, 7) is 5.71. The van der Waals surface area contributed by atoms with E-state index in [1.54, 1.807) is 7.05 Å². The van der Waals surface area contributed by atoms with Gasteiger partial charge in [-0.15, -0.1) is 0 Å². The summed E-state index contributed by atoms with van der Waals surface area (Å²) in [5.41, 5.74) is 6.53. The van der Waals surface area contributed by atoms with Crippen LogP contribution in [0.5, 0.6) is 0 Å². The Kier molecular flexibility index (Phi) is 4.34. The number of hydrogen-bond acceptors (Lipinski definition) is 4. The van der Waals surface area contributed by atoms with Gasteiger partial charge in [0.25, 0.3) is 5.91 Å². The third-order valence-corrected chi connectivity index (χ3v) is 2.65. The third-order valence-electron chi connectivity index (χ3n) is 2.65. The van der Waals surface area contributed by atoms with E-state index in [0.29, 0.717) is 17.9 Å². The molecule has 0 aromatic carbocycles. The second-order valence-electron chi connectivity index (χ2n) is 5.66. The Labute approximate surface area is 108 Å². The lowest BCUT2D eigenvalue weighted by Crippen LogP contribution is -2.40. The number of nitrogens with one attached hydrogen (secondary N) is 1. The fourth-order valence-corrected chi connectivity index (χ4v) is 2.05. The molecule has 18 heavy (non-hydrogen) atoms. The number of aromatic nitrogens is 2. The van der Waals surface area contributed by atoms with Gasteiger partial charge in [-0.05, 0) is 19.5 Å². The normalized spacial score (nSPS) is 11.9. The minimum absolute atomic E-state index is 0.00646. The molecule has 0 unspecified atom stereocenters. The molecule has 1 aromatic heterocycles. The van der Waals surface area contributed by atoms with Crippen LogP contribution in [0.3, 0.4) is 0 Å². The van der Waals surface area contributed by atoms with Crippen LogP contribution in [-0.2, 0) is 7.05 Å². The molecule has 6 nitrogen and oxygen atoms in total. The van der Waals surface area contributed by atoms with Crippen LogP contribution >= 0.6 is 0 Å². The summed E-state index contributed by atoms with van der Waals surface area (Å²) in [5, 5.41) is 6.86. The first-order valence-corrected chi connectivity index (χ1v) is 5.93. The number of nitrogen functional groups attached to an aromatic ring is 1. The number of aryl methyl sites for hydroxylation is 1. The minimum Gasteiger partial charge on any atom is -0.396 e. The average molecular weight is 253 g/mol. The fraction of sp³-hybridized carbons (Fsp3) is 0.667. The predicted octanol–water partition coefficient (Wildman–Crippen LogP) is 0.320. The molecule has 3 N–H and O–H groups in total. The zero-order valence-electron chi connectivity index (χ0n) is 11.8. The van der Waals surface area contributed by atoms with Gasteiger partial charge in [0.15, 0.2) is 0 Å². The first-order chi connectivity index (χ1) is 8.23. The number of nitrogens with two attached hydrogens (primary N) is 1. The maximum atomic E-state index is 12.0. The van der Waals surface area contributed by atoms with Crippen LogP contribution in [0.25, 0.3) is 0 Å². The zero-order chi connectivity index (χ0) is 13.9. The van der Waals surface area contributed by atoms with Crippen molar-refractivity contribution >= 4 is 11.6 Å². The lowest BCUT2D eigenvalue weighted by Gasteiger charge is -2.28. The Morgan fingerprint density at radius 1 is 1.56 bits per heavy atom. The molecule has 0 atom stereocenters. The van der Waals surface area contributed by atoms with Gasteiger partial charge in [0, 0.05) is 20.1 Å². The first kappa shape index (κ1) is 14.5. The van der Waals surface area contributed by atoms with Gasteiger partial charge < -0.3 is 16.0 Å². The smallest absolute Gasteiger partial charge is 0.271 e. The molecule has 0 fully saturated rings. The van der Waals surface area contributed by atoms with Crippen molar-refractivity contribution < 1.29 is 4.79 Å². The van der Waals surface area contributed by atoms with Gasteiger partial charge in [-0.2, -0.15) is 5.10 Å². The summed E-state index contributed by atoms with van der Waals surface area (Å²) in [6, 6.07) is 0. The zero-order valence-corrected chi connectivity index (χ0v) is 11.8. The molecule has 1 heterocycles. The lowest BCUT2D eigenvalue weighted by molar-refractivity contribution is 0.0920. The van der Waals surface area contributed by atoms with Crippen molar-refractivity contribution in [1.29, 1.82) is 0 Å². The SMILES string of the molecule is CN(C)CC(C)(C)CNC(=O)c1c(N)cnn1C. The highest BCUT2D eigenvalue weighted by Crippen LogP contribution is 2.15. The average Bonchev–Trinajstić information content (AvgIpc) is 2.53. The molecule has 1 aromatic rings. The Morgan fingerprint density at radius 3 is 2.61 bits per heavy atom. The van der Waals surface area contributed by atoms with Crippen molar-refractivity contribution in [2.24, 2.45) is 12.5 Å². The molecule has 1 rings (SSSR count). The number of anilines is 1. The van der Waals surface area contributed by atoms with Crippen LogP contribution in [0.15, 0.2) is 6.20 Å². The van der Waals surface area contributed by atoms with E-state index in [-0.39, 0.29) is 11.3 Å². The van der Waals surface area contributed by atoms with E-state index in [0.717, 1.165) is 6.54 Å². The van der Waals surface area contributed by atoms with Crippen molar-refractivity contribution in [3.8, 4) is 0 Å². The van der Waals surface area contributed by atoms with E-state index in [4.69, 9.17) is 5.73 Å². The molecule has 0 saturated heterocycles. The van der Waals surface area contributed by atoms with E-state index < -0.39 is 0 Å². The van der Waals surface area contributed by atoms with Gasteiger partial charge in [0.05, 0.1) is 11.9 Å². The van der Waals surface area contributed by atoms with Crippen LogP contribution in [0.4, 0.5) is 5.69 Å². The van der Waals surface area contributed by atoms with Gasteiger partial charge in [0.1, 0.15) is 5.69 Å². The van der Waals surface area contributed by atoms with Crippen molar-refractivity contribution in [3.63, 3.8) is 0 Å². The Morgan fingerprint density at radius 2 is 2.17 bits per heavy atom. The van der Waals surface area contributed by atoms with Gasteiger partial charge >= 0.3 is 0 Å². The first-order valence-electron chi connectivity index (χ1n) is 5.93. The van der Waals surface area contributed by atoms with Gasteiger partial charge in [-0.25, -0.2) is 0 Å². The number of rotatable bonds is 5. The molecular formula is C12H23N5O. The fourth-order valence-electron chi connectivity index (χ4n) is 2.05. The second kappa shape index (κ2) is 5.39. The summed E-state index contributed by atoms with van der Waals surface area (Å²) in [4.78, 5) is 14.1. The van der Waals surface area contributed by atoms with E-state index in [2.05, 4.69) is 29.2 Å². The molecule has 0 radical (unpaired) electrons. The molecule has 0 spiro atoms. The molecular weight excluding hydrogens is 230 g/mol. The molecule has 0 bridgehead atoms. The Balaban J connectivity index is 2.62. The highest BCUT2D eigenvalue weighted by atomic mass is 16.2. The number of carbonyl (C=O) groups is 1. The number of hydrogen-bond donors (Lipinski definition) is 2. The van der Waals surface area contributed by atoms with E-state index in [9.17, 15) is 4.79 Å². The van der Waals surface area contributed by atoms with Crippen LogP contribution in [0.2, 0.25) is 0 Å². The molecule has 0 aliphatic heterocycles. The Bertz CT molecular complexity index is 403. The molecule has 102 valence electrons. The van der Waals surface area contributed by atoms with Gasteiger partial charge in [-0.3, -0.25) is 9.48 Å². The van der Waals surface area contributed by atoms with Crippen LogP contribution in [-0.4, -0.2) is 47.8 Å². The molecule has 6 heteroatoms. The van der Waals surface area contributed by atoms with Crippen LogP contribution in [0, 0.1) is 5.41 Å². The maximum Gasteiger partial charge on any atom is 0.271 e. The molecule has 0 aliphatic rings. The second-order valence-corrected chi connectivity index (χ2v) is 5.66. The monoisotopic (exact) mass is 253 g/mol. The maximum absolute atomic E-state index is 12.0. The molecule has 1 amide bonds. The van der Waals surface area contributed by atoms with Crippen molar-refractivity contribution in [2.75, 3.05) is 32.9 Å². The summed E-state index contributed by atoms with van der Waals surface area (Å²) in [5.74, 6) is -0.181. The highest BCUT2D eigenvalue weighted by molar-refractivity contribution is 5.97. The van der Waals surface area contributed by atoms with Crippen LogP contribution in [0.1, 0.15) is 24.3 Å². The number of nitrogens with zero attached hydrogens (tertiary/aromatic N) is 3. The van der Waals surface area contributed by atoms with Crippen molar-refractivity contribution in [1.82, 2.24) is 20.0 Å². The summed E-state index contributed by atoms with van der Waals surface area (Å²) in [6.07, 6.45) is 1.49. The quantitative estimate of drug-likeness (QED) is 0.792. The third kappa shape index (κ3) is 3.73. The summed E-state index contributed by atoms with van der Waals surface area (Å²) >= 11 is 0. The molecule has 0 saturated carbocycles. The van der Waals surface area contributed by atoms with E-state index >= 15 is 0 Å². The number of carbonyl (C=O) groups excluding carboxylic acids is 1. The minimum atomic E-state index is -0.181. The van der Waals surface area contributed by atoms with Crippen LogP contribution < -0.4 is 11.1 Å². The lowest BCUT2D eigenvalue weighted by atomic mass is 9.93.